The number of hydrogen-bond donors (Lipinski definition) is 3. The number of carbonyl (C=O) groups is 2. The molecule has 0 bridgehead atoms. The maximum absolute atomic E-state index is 13.8. The van der Waals surface area contributed by atoms with Gasteiger partial charge in [0.25, 0.3) is 0 Å². The van der Waals surface area contributed by atoms with Crippen LogP contribution in [0.25, 0.3) is 0 Å². The molecule has 0 fully saturated rings. The highest BCUT2D eigenvalue weighted by Crippen LogP contribution is 2.35. The van der Waals surface area contributed by atoms with Gasteiger partial charge in [0.05, 0.1) is 19.1 Å². The van der Waals surface area contributed by atoms with Crippen LogP contribution in [0.3, 0.4) is 0 Å². The first kappa shape index (κ1) is 18.4. The summed E-state index contributed by atoms with van der Waals surface area (Å²) in [6.45, 7) is 1.75. The molecule has 1 aliphatic carbocycles. The van der Waals surface area contributed by atoms with E-state index in [9.17, 15) is 14.0 Å². The normalized spacial score (nSPS) is 19.6. The van der Waals surface area contributed by atoms with Crippen LogP contribution >= 0.6 is 12.4 Å². The van der Waals surface area contributed by atoms with Crippen molar-refractivity contribution in [1.29, 1.82) is 0 Å². The third-order valence-electron chi connectivity index (χ3n) is 3.86. The van der Waals surface area contributed by atoms with E-state index in [0.29, 0.717) is 12.0 Å². The summed E-state index contributed by atoms with van der Waals surface area (Å²) in [4.78, 5) is 23.0. The van der Waals surface area contributed by atoms with Crippen molar-refractivity contribution in [3.63, 3.8) is 0 Å². The Morgan fingerprint density at radius 2 is 2.09 bits per heavy atom. The number of benzene rings is 1. The SMILES string of the molecule is CC1CCc2c(F)cccc2C1NC(=O)CNC(=O)CN.Cl. The van der Waals surface area contributed by atoms with E-state index in [0.717, 1.165) is 12.0 Å². The second-order valence-corrected chi connectivity index (χ2v) is 5.35. The lowest BCUT2D eigenvalue weighted by Gasteiger charge is -2.32. The smallest absolute Gasteiger partial charge is 0.239 e. The van der Waals surface area contributed by atoms with Gasteiger partial charge in [0.1, 0.15) is 5.82 Å². The highest BCUT2D eigenvalue weighted by Gasteiger charge is 2.29. The van der Waals surface area contributed by atoms with Crippen molar-refractivity contribution in [2.45, 2.75) is 25.8 Å². The number of fused-ring (bicyclic) bond motifs is 1. The Kier molecular flexibility index (Phi) is 6.77. The van der Waals surface area contributed by atoms with Gasteiger partial charge in [0.15, 0.2) is 0 Å². The Morgan fingerprint density at radius 3 is 2.77 bits per heavy atom. The van der Waals surface area contributed by atoms with Crippen molar-refractivity contribution in [3.05, 3.63) is 35.1 Å². The van der Waals surface area contributed by atoms with Gasteiger partial charge in [0, 0.05) is 0 Å². The first-order valence-corrected chi connectivity index (χ1v) is 7.06. The first-order valence-electron chi connectivity index (χ1n) is 7.06. The van der Waals surface area contributed by atoms with Crippen LogP contribution in [-0.4, -0.2) is 24.9 Å². The molecule has 0 radical (unpaired) electrons. The van der Waals surface area contributed by atoms with E-state index in [4.69, 9.17) is 5.73 Å². The standard InChI is InChI=1S/C15H20FN3O2.ClH/c1-9-5-6-10-11(3-2-4-12(10)16)15(9)19-14(21)8-18-13(20)7-17;/h2-4,9,15H,5-8,17H2,1H3,(H,18,20)(H,19,21);1H. The number of nitrogens with two attached hydrogens (primary N) is 1. The summed E-state index contributed by atoms with van der Waals surface area (Å²) in [6.07, 6.45) is 1.49. The van der Waals surface area contributed by atoms with E-state index >= 15 is 0 Å². The maximum atomic E-state index is 13.8. The quantitative estimate of drug-likeness (QED) is 0.772. The zero-order valence-electron chi connectivity index (χ0n) is 12.4. The molecule has 0 aromatic heterocycles. The highest BCUT2D eigenvalue weighted by molar-refractivity contribution is 5.86. The van der Waals surface area contributed by atoms with Crippen LogP contribution in [0, 0.1) is 11.7 Å². The third-order valence-corrected chi connectivity index (χ3v) is 3.86. The van der Waals surface area contributed by atoms with Crippen molar-refractivity contribution >= 4 is 24.2 Å². The molecule has 0 spiro atoms. The molecule has 1 aromatic rings. The van der Waals surface area contributed by atoms with Crippen molar-refractivity contribution in [3.8, 4) is 0 Å². The molecule has 2 unspecified atom stereocenters. The fraction of sp³-hybridized carbons (Fsp3) is 0.467. The molecule has 1 aromatic carbocycles. The van der Waals surface area contributed by atoms with Crippen molar-refractivity contribution in [2.24, 2.45) is 11.7 Å². The third kappa shape index (κ3) is 4.18. The second-order valence-electron chi connectivity index (χ2n) is 5.35. The molecule has 5 nitrogen and oxygen atoms in total. The van der Waals surface area contributed by atoms with E-state index in [-0.39, 0.29) is 55.1 Å². The Balaban J connectivity index is 0.00000242. The Labute approximate surface area is 135 Å². The molecule has 2 amide bonds. The van der Waals surface area contributed by atoms with Crippen molar-refractivity contribution in [1.82, 2.24) is 10.6 Å². The van der Waals surface area contributed by atoms with Gasteiger partial charge in [-0.25, -0.2) is 4.39 Å². The van der Waals surface area contributed by atoms with Gasteiger partial charge in [-0.1, -0.05) is 19.1 Å². The monoisotopic (exact) mass is 329 g/mol. The van der Waals surface area contributed by atoms with Crippen LogP contribution in [0.15, 0.2) is 18.2 Å². The zero-order valence-corrected chi connectivity index (χ0v) is 13.2. The van der Waals surface area contributed by atoms with E-state index < -0.39 is 0 Å². The average Bonchev–Trinajstić information content (AvgIpc) is 2.48. The van der Waals surface area contributed by atoms with Gasteiger partial charge in [-0.2, -0.15) is 0 Å². The van der Waals surface area contributed by atoms with Gasteiger partial charge >= 0.3 is 0 Å². The van der Waals surface area contributed by atoms with Gasteiger partial charge in [-0.15, -0.1) is 12.4 Å². The molecule has 0 saturated carbocycles. The van der Waals surface area contributed by atoms with Crippen LogP contribution in [0.5, 0.6) is 0 Å². The predicted octanol–water partition coefficient (Wildman–Crippen LogP) is 1.06. The molecule has 4 N–H and O–H groups in total. The Hall–Kier alpha value is -1.66. The van der Waals surface area contributed by atoms with E-state index in [1.807, 2.05) is 13.0 Å². The molecule has 0 saturated heterocycles. The Bertz CT molecular complexity index is 554. The van der Waals surface area contributed by atoms with Gasteiger partial charge in [-0.05, 0) is 36.0 Å². The lowest BCUT2D eigenvalue weighted by Crippen LogP contribution is -2.43. The lowest BCUT2D eigenvalue weighted by molar-refractivity contribution is -0.126. The minimum atomic E-state index is -0.381. The van der Waals surface area contributed by atoms with E-state index in [1.165, 1.54) is 6.07 Å². The van der Waals surface area contributed by atoms with E-state index in [2.05, 4.69) is 10.6 Å². The summed E-state index contributed by atoms with van der Waals surface area (Å²) in [5.41, 5.74) is 6.66. The molecule has 0 heterocycles. The summed E-state index contributed by atoms with van der Waals surface area (Å²) in [5, 5.41) is 5.29. The maximum Gasteiger partial charge on any atom is 0.239 e. The molecular formula is C15H21ClFN3O2. The molecule has 2 atom stereocenters. The summed E-state index contributed by atoms with van der Waals surface area (Å²) >= 11 is 0. The average molecular weight is 330 g/mol. The second kappa shape index (κ2) is 8.10. The minimum Gasteiger partial charge on any atom is -0.347 e. The Morgan fingerprint density at radius 1 is 1.36 bits per heavy atom. The summed E-state index contributed by atoms with van der Waals surface area (Å²) < 4.78 is 13.8. The molecule has 2 rings (SSSR count). The van der Waals surface area contributed by atoms with Gasteiger partial charge < -0.3 is 16.4 Å². The summed E-state index contributed by atoms with van der Waals surface area (Å²) in [5.74, 6) is -0.692. The van der Waals surface area contributed by atoms with Gasteiger partial charge in [0.2, 0.25) is 11.8 Å². The minimum absolute atomic E-state index is 0. The molecule has 122 valence electrons. The summed E-state index contributed by atoms with van der Waals surface area (Å²) in [7, 11) is 0. The largest absolute Gasteiger partial charge is 0.347 e. The molecule has 0 aliphatic heterocycles. The van der Waals surface area contributed by atoms with Crippen LogP contribution in [0.1, 0.15) is 30.5 Å². The predicted molar refractivity (Wildman–Crippen MR) is 84.1 cm³/mol. The lowest BCUT2D eigenvalue weighted by atomic mass is 9.80. The number of rotatable bonds is 4. The number of carbonyl (C=O) groups excluding carboxylic acids is 2. The van der Waals surface area contributed by atoms with Crippen molar-refractivity contribution < 1.29 is 14.0 Å². The van der Waals surface area contributed by atoms with Crippen LogP contribution in [0.4, 0.5) is 4.39 Å². The van der Waals surface area contributed by atoms with Crippen LogP contribution in [-0.2, 0) is 16.0 Å². The molecule has 1 aliphatic rings. The molecule has 7 heteroatoms. The summed E-state index contributed by atoms with van der Waals surface area (Å²) in [6, 6.07) is 4.71. The van der Waals surface area contributed by atoms with E-state index in [1.54, 1.807) is 6.07 Å². The van der Waals surface area contributed by atoms with Crippen LogP contribution in [0.2, 0.25) is 0 Å². The van der Waals surface area contributed by atoms with Gasteiger partial charge in [-0.3, -0.25) is 9.59 Å². The topological polar surface area (TPSA) is 84.2 Å². The van der Waals surface area contributed by atoms with Crippen LogP contribution < -0.4 is 16.4 Å². The first-order chi connectivity index (χ1) is 10.0. The fourth-order valence-electron chi connectivity index (χ4n) is 2.67. The zero-order chi connectivity index (χ0) is 15.4. The number of halogens is 2. The van der Waals surface area contributed by atoms with Crippen molar-refractivity contribution in [2.75, 3.05) is 13.1 Å². The molecule has 22 heavy (non-hydrogen) atoms. The highest BCUT2D eigenvalue weighted by atomic mass is 35.5. The number of hydrogen-bond acceptors (Lipinski definition) is 3. The number of nitrogens with one attached hydrogen (secondary N) is 2. The molecular weight excluding hydrogens is 309 g/mol. The fourth-order valence-corrected chi connectivity index (χ4v) is 2.67. The number of amides is 2.